The van der Waals surface area contributed by atoms with Gasteiger partial charge in [0.05, 0.1) is 6.61 Å². The van der Waals surface area contributed by atoms with Gasteiger partial charge in [0, 0.05) is 12.5 Å². The summed E-state index contributed by atoms with van der Waals surface area (Å²) in [6.07, 6.45) is 7.64. The molecular weight excluding hydrogens is 249 g/mol. The van der Waals surface area contributed by atoms with Crippen LogP contribution in [0.25, 0.3) is 0 Å². The van der Waals surface area contributed by atoms with Crippen molar-refractivity contribution in [3.63, 3.8) is 0 Å². The van der Waals surface area contributed by atoms with Crippen molar-refractivity contribution >= 4 is 5.97 Å². The molecule has 100 valence electrons. The first-order chi connectivity index (χ1) is 9.20. The summed E-state index contributed by atoms with van der Waals surface area (Å²) in [5.74, 6) is -0.410. The molecule has 4 nitrogen and oxygen atoms in total. The lowest BCUT2D eigenvalue weighted by Crippen LogP contribution is -2.04. The van der Waals surface area contributed by atoms with Crippen molar-refractivity contribution in [3.8, 4) is 0 Å². The predicted octanol–water partition coefficient (Wildman–Crippen LogP) is 3.13. The van der Waals surface area contributed by atoms with Crippen molar-refractivity contribution in [2.24, 2.45) is 0 Å². The Morgan fingerprint density at radius 3 is 3.21 bits per heavy atom. The molecule has 1 aromatic heterocycles. The maximum atomic E-state index is 13.7. The minimum absolute atomic E-state index is 0.105. The number of ether oxygens (including phenoxy) is 1. The minimum Gasteiger partial charge on any atom is -0.461 e. The van der Waals surface area contributed by atoms with Gasteiger partial charge in [-0.15, -0.1) is 0 Å². The van der Waals surface area contributed by atoms with Crippen LogP contribution in [-0.4, -0.2) is 17.7 Å². The summed E-state index contributed by atoms with van der Waals surface area (Å²) in [5, 5.41) is 3.61. The van der Waals surface area contributed by atoms with Crippen LogP contribution in [0, 0.1) is 0 Å². The third-order valence-corrected chi connectivity index (χ3v) is 2.59. The second-order valence-corrected chi connectivity index (χ2v) is 3.98. The molecule has 0 saturated heterocycles. The topological polar surface area (TPSA) is 52.3 Å². The summed E-state index contributed by atoms with van der Waals surface area (Å²) in [4.78, 5) is 11.4. The van der Waals surface area contributed by atoms with Crippen LogP contribution in [0.2, 0.25) is 0 Å². The SMILES string of the molecule is CCOC(=O)c1cc(CC2=CCC=CC=C2F)on1. The van der Waals surface area contributed by atoms with Crippen LogP contribution in [0.4, 0.5) is 4.39 Å². The van der Waals surface area contributed by atoms with Crippen molar-refractivity contribution in [2.75, 3.05) is 6.61 Å². The first-order valence-electron chi connectivity index (χ1n) is 6.05. The van der Waals surface area contributed by atoms with Gasteiger partial charge < -0.3 is 9.26 Å². The fourth-order valence-electron chi connectivity index (χ4n) is 1.69. The number of nitrogens with zero attached hydrogens (tertiary/aromatic N) is 1. The number of carbonyl (C=O) groups is 1. The maximum absolute atomic E-state index is 13.7. The number of aromatic nitrogens is 1. The van der Waals surface area contributed by atoms with Crippen LogP contribution in [0.5, 0.6) is 0 Å². The van der Waals surface area contributed by atoms with Crippen molar-refractivity contribution < 1.29 is 18.4 Å². The zero-order valence-corrected chi connectivity index (χ0v) is 10.6. The standard InChI is InChI=1S/C14H14FNO3/c1-2-18-14(17)13-9-11(19-16-13)8-10-6-4-3-5-7-12(10)15/h3,5-7,9H,2,4,8H2,1H3. The van der Waals surface area contributed by atoms with Gasteiger partial charge in [0.2, 0.25) is 0 Å². The summed E-state index contributed by atoms with van der Waals surface area (Å²) in [6.45, 7) is 1.98. The van der Waals surface area contributed by atoms with Crippen LogP contribution in [-0.2, 0) is 11.2 Å². The van der Waals surface area contributed by atoms with Gasteiger partial charge in [-0.25, -0.2) is 9.18 Å². The lowest BCUT2D eigenvalue weighted by molar-refractivity contribution is 0.0514. The number of rotatable bonds is 4. The lowest BCUT2D eigenvalue weighted by Gasteiger charge is -2.00. The molecule has 0 aromatic carbocycles. The molecule has 0 saturated carbocycles. The van der Waals surface area contributed by atoms with Gasteiger partial charge in [0.15, 0.2) is 5.69 Å². The van der Waals surface area contributed by atoms with Crippen molar-refractivity contribution in [3.05, 3.63) is 53.2 Å². The molecule has 0 unspecified atom stereocenters. The van der Waals surface area contributed by atoms with Crippen molar-refractivity contribution in [2.45, 2.75) is 19.8 Å². The van der Waals surface area contributed by atoms with Crippen LogP contribution >= 0.6 is 0 Å². The largest absolute Gasteiger partial charge is 0.461 e. The molecule has 0 N–H and O–H groups in total. The highest BCUT2D eigenvalue weighted by Crippen LogP contribution is 2.21. The Bertz CT molecular complexity index is 555. The zero-order chi connectivity index (χ0) is 13.7. The average Bonchev–Trinajstić information content (AvgIpc) is 2.76. The number of halogens is 1. The van der Waals surface area contributed by atoms with Gasteiger partial charge in [0.1, 0.15) is 11.6 Å². The quantitative estimate of drug-likeness (QED) is 0.783. The third kappa shape index (κ3) is 3.40. The van der Waals surface area contributed by atoms with E-state index >= 15 is 0 Å². The molecule has 1 heterocycles. The van der Waals surface area contributed by atoms with Gasteiger partial charge in [-0.3, -0.25) is 0 Å². The Labute approximate surface area is 110 Å². The highest BCUT2D eigenvalue weighted by atomic mass is 19.1. The van der Waals surface area contributed by atoms with E-state index in [2.05, 4.69) is 5.16 Å². The van der Waals surface area contributed by atoms with E-state index in [0.29, 0.717) is 17.8 Å². The Hall–Kier alpha value is -2.17. The number of hydrogen-bond donors (Lipinski definition) is 0. The third-order valence-electron chi connectivity index (χ3n) is 2.59. The normalized spacial score (nSPS) is 14.6. The molecule has 0 fully saturated rings. The molecule has 1 aliphatic rings. The van der Waals surface area contributed by atoms with Crippen LogP contribution in [0.15, 0.2) is 46.3 Å². The summed E-state index contributed by atoms with van der Waals surface area (Å²) >= 11 is 0. The van der Waals surface area contributed by atoms with E-state index in [0.717, 1.165) is 0 Å². The Balaban J connectivity index is 2.08. The summed E-state index contributed by atoms with van der Waals surface area (Å²) in [5.41, 5.74) is 0.630. The molecule has 1 aromatic rings. The van der Waals surface area contributed by atoms with Crippen LogP contribution < -0.4 is 0 Å². The first kappa shape index (κ1) is 13.3. The minimum atomic E-state index is -0.537. The lowest BCUT2D eigenvalue weighted by atomic mass is 10.1. The summed E-state index contributed by atoms with van der Waals surface area (Å²) < 4.78 is 23.5. The first-order valence-corrected chi connectivity index (χ1v) is 6.05. The predicted molar refractivity (Wildman–Crippen MR) is 67.2 cm³/mol. The molecule has 0 aliphatic heterocycles. The molecule has 5 heteroatoms. The van der Waals surface area contributed by atoms with Crippen LogP contribution in [0.1, 0.15) is 29.6 Å². The molecule has 19 heavy (non-hydrogen) atoms. The molecule has 0 radical (unpaired) electrons. The van der Waals surface area contributed by atoms with E-state index in [1.807, 2.05) is 6.08 Å². The highest BCUT2D eigenvalue weighted by Gasteiger charge is 2.15. The number of hydrogen-bond acceptors (Lipinski definition) is 4. The van der Waals surface area contributed by atoms with Gasteiger partial charge in [0.25, 0.3) is 0 Å². The van der Waals surface area contributed by atoms with Crippen molar-refractivity contribution in [1.82, 2.24) is 5.16 Å². The summed E-state index contributed by atoms with van der Waals surface area (Å²) in [7, 11) is 0. The van der Waals surface area contributed by atoms with E-state index in [1.165, 1.54) is 12.1 Å². The average molecular weight is 263 g/mol. The Kier molecular flexibility index (Phi) is 4.28. The maximum Gasteiger partial charge on any atom is 0.360 e. The van der Waals surface area contributed by atoms with Gasteiger partial charge in [-0.2, -0.15) is 0 Å². The molecular formula is C14H14FNO3. The molecule has 0 amide bonds. The smallest absolute Gasteiger partial charge is 0.360 e. The monoisotopic (exact) mass is 263 g/mol. The van der Waals surface area contributed by atoms with E-state index in [4.69, 9.17) is 9.26 Å². The summed E-state index contributed by atoms with van der Waals surface area (Å²) in [6, 6.07) is 1.48. The van der Waals surface area contributed by atoms with E-state index in [9.17, 15) is 9.18 Å². The zero-order valence-electron chi connectivity index (χ0n) is 10.6. The fourth-order valence-corrected chi connectivity index (χ4v) is 1.69. The number of esters is 1. The Morgan fingerprint density at radius 2 is 2.42 bits per heavy atom. The number of carbonyl (C=O) groups excluding carboxylic acids is 1. The molecule has 0 bridgehead atoms. The number of allylic oxidation sites excluding steroid dienone is 6. The van der Waals surface area contributed by atoms with E-state index in [-0.39, 0.29) is 24.5 Å². The second kappa shape index (κ2) is 6.13. The Morgan fingerprint density at radius 1 is 1.58 bits per heavy atom. The second-order valence-electron chi connectivity index (χ2n) is 3.98. The van der Waals surface area contributed by atoms with Crippen LogP contribution in [0.3, 0.4) is 0 Å². The van der Waals surface area contributed by atoms with E-state index in [1.54, 1.807) is 19.1 Å². The van der Waals surface area contributed by atoms with E-state index < -0.39 is 5.97 Å². The highest BCUT2D eigenvalue weighted by molar-refractivity contribution is 5.87. The van der Waals surface area contributed by atoms with Gasteiger partial charge in [-0.1, -0.05) is 23.4 Å². The van der Waals surface area contributed by atoms with Crippen molar-refractivity contribution in [1.29, 1.82) is 0 Å². The molecule has 2 rings (SSSR count). The van der Waals surface area contributed by atoms with Gasteiger partial charge in [-0.05, 0) is 25.0 Å². The molecule has 1 aliphatic carbocycles. The van der Waals surface area contributed by atoms with Gasteiger partial charge >= 0.3 is 5.97 Å². The fraction of sp³-hybridized carbons (Fsp3) is 0.286. The molecule has 0 atom stereocenters. The molecule has 0 spiro atoms.